The maximum Gasteiger partial charge on any atom is 0.223 e. The molecule has 0 saturated carbocycles. The van der Waals surface area contributed by atoms with Crippen LogP contribution in [0.1, 0.15) is 59.9 Å². The van der Waals surface area contributed by atoms with Crippen LogP contribution in [0.2, 0.25) is 5.02 Å². The SMILES string of the molecule is CC(=O)N(CCCCc1ccccc1)c1ccc2c(c1)CCC1C2c2cc(O)c(Cl)cc2CCN1C. The second-order valence-electron chi connectivity index (χ2n) is 10.3. The number of likely N-dealkylation sites (N-methyl/N-ethyl adjacent to an activating group) is 1. The van der Waals surface area contributed by atoms with Gasteiger partial charge in [-0.05, 0) is 97.7 Å². The van der Waals surface area contributed by atoms with E-state index in [0.717, 1.165) is 57.3 Å². The van der Waals surface area contributed by atoms with E-state index < -0.39 is 0 Å². The van der Waals surface area contributed by atoms with Gasteiger partial charge in [-0.3, -0.25) is 4.79 Å². The van der Waals surface area contributed by atoms with E-state index in [0.29, 0.717) is 11.1 Å². The number of benzene rings is 3. The van der Waals surface area contributed by atoms with Gasteiger partial charge in [0.05, 0.1) is 5.02 Å². The fraction of sp³-hybridized carbons (Fsp3) is 0.387. The van der Waals surface area contributed by atoms with Crippen molar-refractivity contribution in [2.24, 2.45) is 0 Å². The zero-order valence-electron chi connectivity index (χ0n) is 21.2. The topological polar surface area (TPSA) is 43.8 Å². The van der Waals surface area contributed by atoms with E-state index in [1.54, 1.807) is 6.92 Å². The highest BCUT2D eigenvalue weighted by Crippen LogP contribution is 2.45. The molecule has 0 spiro atoms. The van der Waals surface area contributed by atoms with Gasteiger partial charge in [0.1, 0.15) is 5.75 Å². The number of carbonyl (C=O) groups excluding carboxylic acids is 1. The lowest BCUT2D eigenvalue weighted by molar-refractivity contribution is -0.116. The largest absolute Gasteiger partial charge is 0.506 e. The van der Waals surface area contributed by atoms with Crippen LogP contribution in [0.15, 0.2) is 60.7 Å². The van der Waals surface area contributed by atoms with Gasteiger partial charge in [-0.2, -0.15) is 0 Å². The van der Waals surface area contributed by atoms with Crippen LogP contribution in [-0.4, -0.2) is 42.1 Å². The summed E-state index contributed by atoms with van der Waals surface area (Å²) < 4.78 is 0. The van der Waals surface area contributed by atoms with Gasteiger partial charge in [0.15, 0.2) is 0 Å². The van der Waals surface area contributed by atoms with E-state index in [1.165, 1.54) is 27.8 Å². The number of rotatable bonds is 6. The molecule has 1 aliphatic carbocycles. The molecule has 0 aromatic heterocycles. The summed E-state index contributed by atoms with van der Waals surface area (Å²) in [4.78, 5) is 17.0. The summed E-state index contributed by atoms with van der Waals surface area (Å²) >= 11 is 6.28. The number of fused-ring (bicyclic) bond motifs is 5. The number of carbonyl (C=O) groups is 1. The highest BCUT2D eigenvalue weighted by molar-refractivity contribution is 6.32. The van der Waals surface area contributed by atoms with Crippen molar-refractivity contribution in [1.82, 2.24) is 4.90 Å². The number of nitrogens with zero attached hydrogens (tertiary/aromatic N) is 2. The van der Waals surface area contributed by atoms with Crippen molar-refractivity contribution in [3.63, 3.8) is 0 Å². The minimum atomic E-state index is 0.0856. The number of halogens is 1. The van der Waals surface area contributed by atoms with E-state index in [2.05, 4.69) is 54.4 Å². The smallest absolute Gasteiger partial charge is 0.223 e. The van der Waals surface area contributed by atoms with Crippen molar-refractivity contribution in [1.29, 1.82) is 0 Å². The van der Waals surface area contributed by atoms with Crippen molar-refractivity contribution in [2.45, 2.75) is 57.4 Å². The molecule has 2 aliphatic rings. The summed E-state index contributed by atoms with van der Waals surface area (Å²) in [6.45, 7) is 3.37. The van der Waals surface area contributed by atoms with Crippen molar-refractivity contribution < 1.29 is 9.90 Å². The second-order valence-corrected chi connectivity index (χ2v) is 10.7. The molecule has 0 bridgehead atoms. The number of aromatic hydroxyl groups is 1. The Hall–Kier alpha value is -2.82. The van der Waals surface area contributed by atoms with Crippen LogP contribution in [0.25, 0.3) is 0 Å². The Morgan fingerprint density at radius 2 is 1.81 bits per heavy atom. The molecule has 1 amide bonds. The van der Waals surface area contributed by atoms with E-state index in [-0.39, 0.29) is 17.6 Å². The zero-order chi connectivity index (χ0) is 25.2. The normalized spacial score (nSPS) is 19.1. The van der Waals surface area contributed by atoms with E-state index in [1.807, 2.05) is 23.1 Å². The lowest BCUT2D eigenvalue weighted by atomic mass is 9.74. The fourth-order valence-electron chi connectivity index (χ4n) is 6.11. The van der Waals surface area contributed by atoms with Gasteiger partial charge < -0.3 is 14.9 Å². The molecule has 3 aromatic rings. The molecule has 1 aliphatic heterocycles. The molecule has 4 nitrogen and oxygen atoms in total. The van der Waals surface area contributed by atoms with Crippen LogP contribution in [0, 0.1) is 0 Å². The highest BCUT2D eigenvalue weighted by atomic mass is 35.5. The first kappa shape index (κ1) is 24.9. The molecule has 3 aromatic carbocycles. The zero-order valence-corrected chi connectivity index (χ0v) is 22.0. The standard InChI is InChI=1S/C31H35ClN2O2/c1-21(35)34(16-7-6-10-22-8-4-3-5-9-22)25-12-13-26-23(18-25)11-14-29-31(26)27-20-30(36)28(32)19-24(27)15-17-33(29)2/h3-5,8-9,12-13,18-20,29,31,36H,6-7,10-11,14-17H2,1-2H3. The molecular weight excluding hydrogens is 468 g/mol. The van der Waals surface area contributed by atoms with Gasteiger partial charge in [-0.1, -0.05) is 48.0 Å². The number of hydrogen-bond acceptors (Lipinski definition) is 3. The molecule has 1 N–H and O–H groups in total. The lowest BCUT2D eigenvalue weighted by Crippen LogP contribution is -2.39. The van der Waals surface area contributed by atoms with Crippen molar-refractivity contribution in [3.05, 3.63) is 93.5 Å². The summed E-state index contributed by atoms with van der Waals surface area (Å²) in [7, 11) is 2.21. The molecule has 2 atom stereocenters. The van der Waals surface area contributed by atoms with E-state index >= 15 is 0 Å². The summed E-state index contributed by atoms with van der Waals surface area (Å²) in [5.74, 6) is 0.424. The average molecular weight is 503 g/mol. The van der Waals surface area contributed by atoms with Gasteiger partial charge >= 0.3 is 0 Å². The van der Waals surface area contributed by atoms with Gasteiger partial charge in [0.2, 0.25) is 5.91 Å². The third-order valence-electron chi connectivity index (χ3n) is 8.03. The monoisotopic (exact) mass is 502 g/mol. The first-order chi connectivity index (χ1) is 17.4. The Morgan fingerprint density at radius 1 is 1.03 bits per heavy atom. The minimum absolute atomic E-state index is 0.0856. The summed E-state index contributed by atoms with van der Waals surface area (Å²) in [6, 6.07) is 21.3. The fourth-order valence-corrected chi connectivity index (χ4v) is 6.29. The van der Waals surface area contributed by atoms with Crippen LogP contribution < -0.4 is 4.90 Å². The van der Waals surface area contributed by atoms with Gasteiger partial charge in [-0.25, -0.2) is 0 Å². The molecule has 1 heterocycles. The van der Waals surface area contributed by atoms with Gasteiger partial charge in [0.25, 0.3) is 0 Å². The first-order valence-corrected chi connectivity index (χ1v) is 13.5. The molecule has 188 valence electrons. The Bertz CT molecular complexity index is 1240. The molecule has 0 fully saturated rings. The van der Waals surface area contributed by atoms with Crippen LogP contribution in [0.5, 0.6) is 5.75 Å². The molecular formula is C31H35ClN2O2. The van der Waals surface area contributed by atoms with Crippen LogP contribution in [0.3, 0.4) is 0 Å². The van der Waals surface area contributed by atoms with Crippen LogP contribution in [0.4, 0.5) is 5.69 Å². The van der Waals surface area contributed by atoms with Crippen molar-refractivity contribution >= 4 is 23.2 Å². The third kappa shape index (κ3) is 5.02. The molecule has 5 heteroatoms. The Labute approximate surface area is 219 Å². The second kappa shape index (κ2) is 10.7. The molecule has 36 heavy (non-hydrogen) atoms. The predicted octanol–water partition coefficient (Wildman–Crippen LogP) is 6.36. The van der Waals surface area contributed by atoms with Gasteiger partial charge in [-0.15, -0.1) is 0 Å². The van der Waals surface area contributed by atoms with E-state index in [4.69, 9.17) is 11.6 Å². The lowest BCUT2D eigenvalue weighted by Gasteiger charge is -2.38. The average Bonchev–Trinajstić information content (AvgIpc) is 3.01. The molecule has 2 unspecified atom stereocenters. The maximum atomic E-state index is 12.6. The molecule has 0 radical (unpaired) electrons. The number of phenols is 1. The predicted molar refractivity (Wildman–Crippen MR) is 147 cm³/mol. The Kier molecular flexibility index (Phi) is 7.36. The van der Waals surface area contributed by atoms with Crippen molar-refractivity contribution in [2.75, 3.05) is 25.0 Å². The number of anilines is 1. The number of aryl methyl sites for hydroxylation is 2. The van der Waals surface area contributed by atoms with Crippen molar-refractivity contribution in [3.8, 4) is 5.75 Å². The van der Waals surface area contributed by atoms with Crippen LogP contribution in [-0.2, 0) is 24.1 Å². The summed E-state index contributed by atoms with van der Waals surface area (Å²) in [6.07, 6.45) is 6.02. The Morgan fingerprint density at radius 3 is 2.58 bits per heavy atom. The molecule has 5 rings (SSSR count). The first-order valence-electron chi connectivity index (χ1n) is 13.1. The Balaban J connectivity index is 1.39. The maximum absolute atomic E-state index is 12.6. The summed E-state index contributed by atoms with van der Waals surface area (Å²) in [5, 5.41) is 10.9. The molecule has 0 saturated heterocycles. The summed E-state index contributed by atoms with van der Waals surface area (Å²) in [5.41, 5.74) is 7.35. The number of phenolic OH excluding ortho intramolecular Hbond substituents is 1. The minimum Gasteiger partial charge on any atom is -0.506 e. The van der Waals surface area contributed by atoms with Crippen LogP contribution >= 0.6 is 11.6 Å². The number of unbranched alkanes of at least 4 members (excludes halogenated alkanes) is 1. The number of amides is 1. The number of hydrogen-bond donors (Lipinski definition) is 1. The third-order valence-corrected chi connectivity index (χ3v) is 8.33. The quantitative estimate of drug-likeness (QED) is 0.399. The van der Waals surface area contributed by atoms with E-state index in [9.17, 15) is 9.90 Å². The van der Waals surface area contributed by atoms with Gasteiger partial charge in [0, 0.05) is 37.7 Å². The highest BCUT2D eigenvalue weighted by Gasteiger charge is 2.37.